The highest BCUT2D eigenvalue weighted by Crippen LogP contribution is 2.27. The predicted octanol–water partition coefficient (Wildman–Crippen LogP) is 2.01. The molecule has 1 aliphatic heterocycles. The molecule has 1 heterocycles. The lowest BCUT2D eigenvalue weighted by Crippen LogP contribution is -2.46. The molecule has 1 unspecified atom stereocenters. The maximum Gasteiger partial charge on any atom is 0.231 e. The molecule has 0 saturated carbocycles. The second-order valence-electron chi connectivity index (χ2n) is 4.66. The molecular formula is C13H18N2O. The van der Waals surface area contributed by atoms with Gasteiger partial charge in [0.15, 0.2) is 0 Å². The summed E-state index contributed by atoms with van der Waals surface area (Å²) in [6, 6.07) is 9.63. The second-order valence-corrected chi connectivity index (χ2v) is 4.66. The van der Waals surface area contributed by atoms with Crippen LogP contribution in [0.5, 0.6) is 0 Å². The molecule has 0 aromatic heterocycles. The minimum Gasteiger partial charge on any atom is -0.326 e. The number of rotatable bonds is 2. The highest BCUT2D eigenvalue weighted by Gasteiger charge is 2.34. The lowest BCUT2D eigenvalue weighted by molar-refractivity contribution is -0.125. The standard InChI is InChI=1S/C13H18N2O/c1-13(8-5-9-14-10-13)12(16)15-11-6-3-2-4-7-11/h2-4,6-7,14H,5,8-10H2,1H3,(H,15,16). The Balaban J connectivity index is 2.02. The third kappa shape index (κ3) is 2.42. The summed E-state index contributed by atoms with van der Waals surface area (Å²) in [5.41, 5.74) is 0.605. The number of hydrogen-bond acceptors (Lipinski definition) is 2. The zero-order chi connectivity index (χ0) is 11.4. The first-order valence-electron chi connectivity index (χ1n) is 5.78. The minimum atomic E-state index is -0.270. The van der Waals surface area contributed by atoms with E-state index in [1.807, 2.05) is 37.3 Å². The van der Waals surface area contributed by atoms with Crippen LogP contribution in [0.3, 0.4) is 0 Å². The fourth-order valence-electron chi connectivity index (χ4n) is 2.05. The lowest BCUT2D eigenvalue weighted by atomic mass is 9.82. The fourth-order valence-corrected chi connectivity index (χ4v) is 2.05. The summed E-state index contributed by atoms with van der Waals surface area (Å²) < 4.78 is 0. The van der Waals surface area contributed by atoms with Crippen molar-refractivity contribution in [1.29, 1.82) is 0 Å². The number of anilines is 1. The fraction of sp³-hybridized carbons (Fsp3) is 0.462. The van der Waals surface area contributed by atoms with Gasteiger partial charge in [-0.15, -0.1) is 0 Å². The summed E-state index contributed by atoms with van der Waals surface area (Å²) in [7, 11) is 0. The Hall–Kier alpha value is -1.35. The largest absolute Gasteiger partial charge is 0.326 e. The van der Waals surface area contributed by atoms with Crippen LogP contribution in [0, 0.1) is 5.41 Å². The van der Waals surface area contributed by atoms with E-state index in [4.69, 9.17) is 0 Å². The molecule has 1 fully saturated rings. The first kappa shape index (κ1) is 11.1. The Morgan fingerprint density at radius 1 is 1.38 bits per heavy atom. The molecule has 3 nitrogen and oxygen atoms in total. The summed E-state index contributed by atoms with van der Waals surface area (Å²) in [5, 5.41) is 6.25. The average molecular weight is 218 g/mol. The number of piperidine rings is 1. The van der Waals surface area contributed by atoms with Gasteiger partial charge in [0.05, 0.1) is 5.41 Å². The average Bonchev–Trinajstić information content (AvgIpc) is 2.31. The Bertz CT molecular complexity index is 355. The quantitative estimate of drug-likeness (QED) is 0.797. The van der Waals surface area contributed by atoms with E-state index < -0.39 is 0 Å². The Labute approximate surface area is 96.2 Å². The maximum atomic E-state index is 12.1. The SMILES string of the molecule is CC1(C(=O)Nc2ccccc2)CCCNC1. The predicted molar refractivity (Wildman–Crippen MR) is 65.3 cm³/mol. The molecule has 0 spiro atoms. The Morgan fingerprint density at radius 2 is 2.12 bits per heavy atom. The van der Waals surface area contributed by atoms with E-state index in [1.165, 1.54) is 0 Å². The molecule has 86 valence electrons. The van der Waals surface area contributed by atoms with Gasteiger partial charge < -0.3 is 10.6 Å². The molecule has 1 atom stereocenters. The number of nitrogens with one attached hydrogen (secondary N) is 2. The van der Waals surface area contributed by atoms with Gasteiger partial charge in [0, 0.05) is 12.2 Å². The van der Waals surface area contributed by atoms with Gasteiger partial charge in [0.25, 0.3) is 0 Å². The zero-order valence-electron chi connectivity index (χ0n) is 9.62. The van der Waals surface area contributed by atoms with Crippen molar-refractivity contribution in [3.05, 3.63) is 30.3 Å². The molecule has 3 heteroatoms. The summed E-state index contributed by atoms with van der Waals surface area (Å²) in [5.74, 6) is 0.117. The van der Waals surface area contributed by atoms with E-state index in [2.05, 4.69) is 10.6 Å². The van der Waals surface area contributed by atoms with Crippen molar-refractivity contribution in [2.24, 2.45) is 5.41 Å². The molecule has 1 amide bonds. The van der Waals surface area contributed by atoms with E-state index >= 15 is 0 Å². The molecule has 0 bridgehead atoms. The normalized spacial score (nSPS) is 25.1. The van der Waals surface area contributed by atoms with Crippen molar-refractivity contribution in [3.63, 3.8) is 0 Å². The van der Waals surface area contributed by atoms with Crippen LogP contribution in [0.15, 0.2) is 30.3 Å². The zero-order valence-corrected chi connectivity index (χ0v) is 9.62. The molecule has 1 saturated heterocycles. The van der Waals surface area contributed by atoms with Crippen LogP contribution >= 0.6 is 0 Å². The van der Waals surface area contributed by atoms with Crippen molar-refractivity contribution in [1.82, 2.24) is 5.32 Å². The van der Waals surface area contributed by atoms with Crippen LogP contribution in [-0.4, -0.2) is 19.0 Å². The van der Waals surface area contributed by atoms with E-state index in [0.717, 1.165) is 31.6 Å². The summed E-state index contributed by atoms with van der Waals surface area (Å²) in [6.45, 7) is 3.82. The van der Waals surface area contributed by atoms with Crippen LogP contribution in [0.25, 0.3) is 0 Å². The van der Waals surface area contributed by atoms with Gasteiger partial charge in [0.2, 0.25) is 5.91 Å². The van der Waals surface area contributed by atoms with Crippen LogP contribution < -0.4 is 10.6 Å². The van der Waals surface area contributed by atoms with Gasteiger partial charge in [-0.3, -0.25) is 4.79 Å². The highest BCUT2D eigenvalue weighted by molar-refractivity contribution is 5.95. The van der Waals surface area contributed by atoms with Crippen molar-refractivity contribution >= 4 is 11.6 Å². The summed E-state index contributed by atoms with van der Waals surface area (Å²) in [4.78, 5) is 12.1. The maximum absolute atomic E-state index is 12.1. The van der Waals surface area contributed by atoms with Gasteiger partial charge in [-0.25, -0.2) is 0 Å². The smallest absolute Gasteiger partial charge is 0.231 e. The topological polar surface area (TPSA) is 41.1 Å². The van der Waals surface area contributed by atoms with E-state index in [0.29, 0.717) is 0 Å². The number of hydrogen-bond donors (Lipinski definition) is 2. The van der Waals surface area contributed by atoms with Gasteiger partial charge in [0.1, 0.15) is 0 Å². The van der Waals surface area contributed by atoms with Gasteiger partial charge >= 0.3 is 0 Å². The molecule has 0 aliphatic carbocycles. The van der Waals surface area contributed by atoms with Crippen molar-refractivity contribution in [2.75, 3.05) is 18.4 Å². The second kappa shape index (κ2) is 4.66. The molecule has 2 N–H and O–H groups in total. The molecule has 1 aromatic carbocycles. The van der Waals surface area contributed by atoms with E-state index in [-0.39, 0.29) is 11.3 Å². The van der Waals surface area contributed by atoms with Gasteiger partial charge in [-0.2, -0.15) is 0 Å². The molecule has 0 radical (unpaired) electrons. The van der Waals surface area contributed by atoms with Gasteiger partial charge in [-0.05, 0) is 38.4 Å². The first-order valence-corrected chi connectivity index (χ1v) is 5.78. The van der Waals surface area contributed by atoms with Crippen LogP contribution in [-0.2, 0) is 4.79 Å². The monoisotopic (exact) mass is 218 g/mol. The van der Waals surface area contributed by atoms with E-state index in [9.17, 15) is 4.79 Å². The van der Waals surface area contributed by atoms with Crippen molar-refractivity contribution in [3.8, 4) is 0 Å². The minimum absolute atomic E-state index is 0.117. The summed E-state index contributed by atoms with van der Waals surface area (Å²) >= 11 is 0. The lowest BCUT2D eigenvalue weighted by Gasteiger charge is -2.32. The highest BCUT2D eigenvalue weighted by atomic mass is 16.2. The number of carbonyl (C=O) groups is 1. The number of para-hydroxylation sites is 1. The van der Waals surface area contributed by atoms with E-state index in [1.54, 1.807) is 0 Å². The first-order chi connectivity index (χ1) is 7.71. The van der Waals surface area contributed by atoms with Crippen LogP contribution in [0.2, 0.25) is 0 Å². The summed E-state index contributed by atoms with van der Waals surface area (Å²) in [6.07, 6.45) is 2.03. The molecule has 2 rings (SSSR count). The van der Waals surface area contributed by atoms with Crippen molar-refractivity contribution in [2.45, 2.75) is 19.8 Å². The number of amides is 1. The number of carbonyl (C=O) groups excluding carboxylic acids is 1. The van der Waals surface area contributed by atoms with Crippen molar-refractivity contribution < 1.29 is 4.79 Å². The third-order valence-electron chi connectivity index (χ3n) is 3.18. The molecular weight excluding hydrogens is 200 g/mol. The molecule has 1 aliphatic rings. The molecule has 16 heavy (non-hydrogen) atoms. The number of benzene rings is 1. The Morgan fingerprint density at radius 3 is 2.75 bits per heavy atom. The van der Waals surface area contributed by atoms with Crippen LogP contribution in [0.1, 0.15) is 19.8 Å². The van der Waals surface area contributed by atoms with Crippen LogP contribution in [0.4, 0.5) is 5.69 Å². The molecule has 1 aromatic rings. The Kier molecular flexibility index (Phi) is 3.25. The van der Waals surface area contributed by atoms with Gasteiger partial charge in [-0.1, -0.05) is 18.2 Å². The third-order valence-corrected chi connectivity index (χ3v) is 3.18.